The van der Waals surface area contributed by atoms with Crippen molar-refractivity contribution in [2.24, 2.45) is 5.73 Å². The van der Waals surface area contributed by atoms with Crippen LogP contribution in [0.15, 0.2) is 54.6 Å². The van der Waals surface area contributed by atoms with Crippen LogP contribution in [-0.2, 0) is 17.8 Å². The number of rotatable bonds is 6. The summed E-state index contributed by atoms with van der Waals surface area (Å²) in [6.07, 6.45) is 0.501. The lowest BCUT2D eigenvalue weighted by atomic mass is 10.0. The molecule has 5 heteroatoms. The lowest BCUT2D eigenvalue weighted by Gasteiger charge is -2.23. The zero-order valence-electron chi connectivity index (χ0n) is 15.0. The summed E-state index contributed by atoms with van der Waals surface area (Å²) in [6, 6.07) is 17.2. The molecule has 1 atom stereocenters. The minimum absolute atomic E-state index is 0. The van der Waals surface area contributed by atoms with E-state index >= 15 is 0 Å². The van der Waals surface area contributed by atoms with Crippen LogP contribution in [0.5, 0.6) is 5.75 Å². The molecular formula is C20H27ClN2O2. The van der Waals surface area contributed by atoms with Gasteiger partial charge in [-0.1, -0.05) is 42.5 Å². The summed E-state index contributed by atoms with van der Waals surface area (Å²) < 4.78 is 5.75. The summed E-state index contributed by atoms with van der Waals surface area (Å²) in [4.78, 5) is 12.0. The first-order valence-electron chi connectivity index (χ1n) is 8.17. The van der Waals surface area contributed by atoms with Gasteiger partial charge >= 0.3 is 0 Å². The Bertz CT molecular complexity index is 652. The van der Waals surface area contributed by atoms with E-state index in [1.807, 2.05) is 75.4 Å². The van der Waals surface area contributed by atoms with Crippen LogP contribution >= 0.6 is 12.4 Å². The quantitative estimate of drug-likeness (QED) is 0.826. The van der Waals surface area contributed by atoms with E-state index in [0.717, 1.165) is 16.9 Å². The molecule has 3 N–H and O–H groups in total. The zero-order valence-corrected chi connectivity index (χ0v) is 15.8. The number of benzene rings is 2. The Morgan fingerprint density at radius 2 is 1.64 bits per heavy atom. The maximum absolute atomic E-state index is 12.0. The largest absolute Gasteiger partial charge is 0.489 e. The van der Waals surface area contributed by atoms with Crippen LogP contribution in [-0.4, -0.2) is 17.5 Å². The Morgan fingerprint density at radius 1 is 1.04 bits per heavy atom. The topological polar surface area (TPSA) is 64.4 Å². The lowest BCUT2D eigenvalue weighted by molar-refractivity contribution is -0.123. The van der Waals surface area contributed by atoms with Crippen LogP contribution in [0.3, 0.4) is 0 Å². The number of amides is 1. The van der Waals surface area contributed by atoms with E-state index < -0.39 is 6.04 Å². The van der Waals surface area contributed by atoms with Gasteiger partial charge in [0.1, 0.15) is 12.4 Å². The number of hydrogen-bond donors (Lipinski definition) is 2. The molecule has 25 heavy (non-hydrogen) atoms. The van der Waals surface area contributed by atoms with Crippen molar-refractivity contribution in [3.8, 4) is 5.75 Å². The molecule has 1 amide bonds. The van der Waals surface area contributed by atoms with Gasteiger partial charge in [-0.25, -0.2) is 0 Å². The first-order chi connectivity index (χ1) is 11.3. The third kappa shape index (κ3) is 7.59. The fourth-order valence-electron chi connectivity index (χ4n) is 2.27. The summed E-state index contributed by atoms with van der Waals surface area (Å²) in [5.74, 6) is 0.669. The number of nitrogens with one attached hydrogen (secondary N) is 1. The Kier molecular flexibility index (Phi) is 7.94. The minimum Gasteiger partial charge on any atom is -0.489 e. The molecule has 0 spiro atoms. The fraction of sp³-hybridized carbons (Fsp3) is 0.350. The van der Waals surface area contributed by atoms with Gasteiger partial charge in [-0.05, 0) is 50.5 Å². The molecule has 0 unspecified atom stereocenters. The van der Waals surface area contributed by atoms with E-state index in [0.29, 0.717) is 13.0 Å². The van der Waals surface area contributed by atoms with Crippen LogP contribution in [0.2, 0.25) is 0 Å². The molecule has 0 saturated carbocycles. The van der Waals surface area contributed by atoms with E-state index in [1.165, 1.54) is 0 Å². The SMILES string of the molecule is CC(C)(C)NC(=O)[C@@H](N)Cc1ccc(OCc2ccccc2)cc1.Cl. The molecule has 0 fully saturated rings. The standard InChI is InChI=1S/C20H26N2O2.ClH/c1-20(2,3)22-19(23)18(21)13-15-9-11-17(12-10-15)24-14-16-7-5-4-6-8-16;/h4-12,18H,13-14,21H2,1-3H3,(H,22,23);1H/t18-;/m0./s1. The van der Waals surface area contributed by atoms with Crippen LogP contribution in [0, 0.1) is 0 Å². The molecule has 2 rings (SSSR count). The number of hydrogen-bond acceptors (Lipinski definition) is 3. The summed E-state index contributed by atoms with van der Waals surface area (Å²) in [5, 5.41) is 2.90. The van der Waals surface area contributed by atoms with E-state index in [2.05, 4.69) is 5.32 Å². The van der Waals surface area contributed by atoms with Crippen molar-refractivity contribution >= 4 is 18.3 Å². The number of nitrogens with two attached hydrogens (primary N) is 1. The van der Waals surface area contributed by atoms with Crippen molar-refractivity contribution in [3.63, 3.8) is 0 Å². The monoisotopic (exact) mass is 362 g/mol. The van der Waals surface area contributed by atoms with Crippen LogP contribution in [0.25, 0.3) is 0 Å². The van der Waals surface area contributed by atoms with Crippen LogP contribution in [0.4, 0.5) is 0 Å². The van der Waals surface area contributed by atoms with Gasteiger partial charge in [0, 0.05) is 5.54 Å². The van der Waals surface area contributed by atoms with Crippen molar-refractivity contribution < 1.29 is 9.53 Å². The Morgan fingerprint density at radius 3 is 2.20 bits per heavy atom. The van der Waals surface area contributed by atoms with Crippen LogP contribution < -0.4 is 15.8 Å². The number of carbonyl (C=O) groups is 1. The normalized spacial score (nSPS) is 12.0. The molecule has 0 bridgehead atoms. The molecular weight excluding hydrogens is 336 g/mol. The molecule has 0 aliphatic heterocycles. The first kappa shape index (κ1) is 21.0. The highest BCUT2D eigenvalue weighted by molar-refractivity contribution is 5.85. The summed E-state index contributed by atoms with van der Waals surface area (Å²) in [5.41, 5.74) is 7.85. The van der Waals surface area contributed by atoms with Gasteiger partial charge in [0.15, 0.2) is 0 Å². The Labute approximate surface area is 156 Å². The van der Waals surface area contributed by atoms with Gasteiger partial charge in [0.2, 0.25) is 5.91 Å². The van der Waals surface area contributed by atoms with Crippen molar-refractivity contribution in [3.05, 3.63) is 65.7 Å². The molecule has 2 aromatic rings. The Hall–Kier alpha value is -2.04. The summed E-state index contributed by atoms with van der Waals surface area (Å²) >= 11 is 0. The van der Waals surface area contributed by atoms with Crippen LogP contribution in [0.1, 0.15) is 31.9 Å². The number of carbonyl (C=O) groups excluding carboxylic acids is 1. The minimum atomic E-state index is -0.555. The summed E-state index contributed by atoms with van der Waals surface area (Å²) in [7, 11) is 0. The zero-order chi connectivity index (χ0) is 17.6. The molecule has 0 radical (unpaired) electrons. The van der Waals surface area contributed by atoms with E-state index in [1.54, 1.807) is 0 Å². The van der Waals surface area contributed by atoms with Crippen molar-refractivity contribution in [2.75, 3.05) is 0 Å². The molecule has 136 valence electrons. The number of ether oxygens (including phenoxy) is 1. The molecule has 0 saturated heterocycles. The third-order valence-electron chi connectivity index (χ3n) is 3.46. The highest BCUT2D eigenvalue weighted by atomic mass is 35.5. The Balaban J connectivity index is 0.00000312. The van der Waals surface area contributed by atoms with Gasteiger partial charge in [-0.3, -0.25) is 4.79 Å². The van der Waals surface area contributed by atoms with Gasteiger partial charge in [0.05, 0.1) is 6.04 Å². The maximum atomic E-state index is 12.0. The van der Waals surface area contributed by atoms with Crippen molar-refractivity contribution in [1.82, 2.24) is 5.32 Å². The van der Waals surface area contributed by atoms with E-state index in [-0.39, 0.29) is 23.9 Å². The molecule has 0 aromatic heterocycles. The fourth-order valence-corrected chi connectivity index (χ4v) is 2.27. The van der Waals surface area contributed by atoms with Gasteiger partial charge in [0.25, 0.3) is 0 Å². The molecule has 0 aliphatic carbocycles. The molecule has 4 nitrogen and oxygen atoms in total. The highest BCUT2D eigenvalue weighted by Crippen LogP contribution is 2.15. The molecule has 0 heterocycles. The smallest absolute Gasteiger partial charge is 0.237 e. The van der Waals surface area contributed by atoms with E-state index in [4.69, 9.17) is 10.5 Å². The number of halogens is 1. The second kappa shape index (κ2) is 9.44. The summed E-state index contributed by atoms with van der Waals surface area (Å²) in [6.45, 7) is 6.36. The molecule has 0 aliphatic rings. The average molecular weight is 363 g/mol. The lowest BCUT2D eigenvalue weighted by Crippen LogP contribution is -2.49. The predicted octanol–water partition coefficient (Wildman–Crippen LogP) is 3.47. The second-order valence-electron chi connectivity index (χ2n) is 6.97. The molecule has 2 aromatic carbocycles. The predicted molar refractivity (Wildman–Crippen MR) is 104 cm³/mol. The first-order valence-corrected chi connectivity index (χ1v) is 8.17. The average Bonchev–Trinajstić information content (AvgIpc) is 2.53. The van der Waals surface area contributed by atoms with Crippen molar-refractivity contribution in [1.29, 1.82) is 0 Å². The van der Waals surface area contributed by atoms with Gasteiger partial charge in [-0.15, -0.1) is 12.4 Å². The third-order valence-corrected chi connectivity index (χ3v) is 3.46. The highest BCUT2D eigenvalue weighted by Gasteiger charge is 2.19. The maximum Gasteiger partial charge on any atom is 0.237 e. The van der Waals surface area contributed by atoms with E-state index in [9.17, 15) is 4.79 Å². The van der Waals surface area contributed by atoms with Crippen molar-refractivity contribution in [2.45, 2.75) is 45.4 Å². The van der Waals surface area contributed by atoms with Gasteiger partial charge in [-0.2, -0.15) is 0 Å². The van der Waals surface area contributed by atoms with Gasteiger partial charge < -0.3 is 15.8 Å². The second-order valence-corrected chi connectivity index (χ2v) is 6.97.